The highest BCUT2D eigenvalue weighted by atomic mass is 32.1. The summed E-state index contributed by atoms with van der Waals surface area (Å²) in [6, 6.07) is 19.3. The second-order valence-electron chi connectivity index (χ2n) is 5.48. The monoisotopic (exact) mass is 360 g/mol. The number of benzene rings is 2. The molecule has 5 nitrogen and oxygen atoms in total. The Kier molecular flexibility index (Phi) is 5.11. The molecule has 2 aromatic carbocycles. The van der Waals surface area contributed by atoms with Gasteiger partial charge in [-0.25, -0.2) is 4.68 Å². The Balaban J connectivity index is 2.15. The largest absolute Gasteiger partial charge is 0.497 e. The molecule has 0 spiro atoms. The molecule has 0 fully saturated rings. The molecule has 0 aliphatic rings. The van der Waals surface area contributed by atoms with Gasteiger partial charge in [0, 0.05) is 17.3 Å². The number of aromatic nitrogens is 2. The van der Waals surface area contributed by atoms with E-state index in [2.05, 4.69) is 0 Å². The zero-order valence-corrected chi connectivity index (χ0v) is 14.9. The predicted octanol–water partition coefficient (Wildman–Crippen LogP) is 3.74. The summed E-state index contributed by atoms with van der Waals surface area (Å²) in [6.45, 7) is 0. The fourth-order valence-electron chi connectivity index (χ4n) is 2.49. The van der Waals surface area contributed by atoms with Crippen LogP contribution in [0.15, 0.2) is 66.4 Å². The van der Waals surface area contributed by atoms with Crippen molar-refractivity contribution < 1.29 is 4.74 Å². The average molecular weight is 360 g/mol. The Bertz CT molecular complexity index is 999. The van der Waals surface area contributed by atoms with Gasteiger partial charge in [-0.3, -0.25) is 0 Å². The van der Waals surface area contributed by atoms with Crippen LogP contribution in [0.3, 0.4) is 0 Å². The maximum Gasteiger partial charge on any atom is 0.118 e. The molecule has 0 radical (unpaired) electrons. The molecular weight excluding hydrogens is 344 g/mol. The van der Waals surface area contributed by atoms with Gasteiger partial charge in [0.1, 0.15) is 16.8 Å². The fourth-order valence-corrected chi connectivity index (χ4v) is 2.60. The minimum Gasteiger partial charge on any atom is -0.497 e. The number of nitrogens with zero attached hydrogens (tertiary/aromatic N) is 3. The van der Waals surface area contributed by atoms with Gasteiger partial charge in [0.2, 0.25) is 0 Å². The Hall–Kier alpha value is -3.43. The lowest BCUT2D eigenvalue weighted by Gasteiger charge is -2.03. The minimum atomic E-state index is 0.0562. The number of nitrogens with two attached hydrogens (primary N) is 1. The van der Waals surface area contributed by atoms with E-state index in [9.17, 15) is 5.26 Å². The Morgan fingerprint density at radius 3 is 2.46 bits per heavy atom. The Morgan fingerprint density at radius 2 is 1.88 bits per heavy atom. The summed E-state index contributed by atoms with van der Waals surface area (Å²) in [5.41, 5.74) is 9.16. The van der Waals surface area contributed by atoms with Crippen molar-refractivity contribution in [2.45, 2.75) is 0 Å². The first-order chi connectivity index (χ1) is 12.6. The smallest absolute Gasteiger partial charge is 0.118 e. The zero-order chi connectivity index (χ0) is 18.5. The molecule has 1 aromatic heterocycles. The van der Waals surface area contributed by atoms with Crippen molar-refractivity contribution in [2.75, 3.05) is 7.11 Å². The summed E-state index contributed by atoms with van der Waals surface area (Å²) in [5, 5.41) is 14.0. The van der Waals surface area contributed by atoms with Gasteiger partial charge >= 0.3 is 0 Å². The molecule has 0 bridgehead atoms. The molecule has 128 valence electrons. The second kappa shape index (κ2) is 7.64. The van der Waals surface area contributed by atoms with Gasteiger partial charge in [-0.05, 0) is 42.5 Å². The highest BCUT2D eigenvalue weighted by Crippen LogP contribution is 2.27. The molecule has 6 heteroatoms. The van der Waals surface area contributed by atoms with Crippen LogP contribution in [0, 0.1) is 11.3 Å². The van der Waals surface area contributed by atoms with Crippen molar-refractivity contribution in [1.82, 2.24) is 9.78 Å². The highest BCUT2D eigenvalue weighted by molar-refractivity contribution is 7.80. The van der Waals surface area contributed by atoms with Crippen molar-refractivity contribution >= 4 is 23.3 Å². The van der Waals surface area contributed by atoms with E-state index in [0.717, 1.165) is 28.3 Å². The van der Waals surface area contributed by atoms with E-state index < -0.39 is 0 Å². The lowest BCUT2D eigenvalue weighted by molar-refractivity contribution is 0.415. The highest BCUT2D eigenvalue weighted by Gasteiger charge is 2.13. The van der Waals surface area contributed by atoms with Gasteiger partial charge in [-0.2, -0.15) is 10.4 Å². The molecule has 26 heavy (non-hydrogen) atoms. The molecule has 0 aliphatic heterocycles. The topological polar surface area (TPSA) is 76.9 Å². The molecule has 1 heterocycles. The molecule has 3 aromatic rings. The summed E-state index contributed by atoms with van der Waals surface area (Å²) in [5.74, 6) is 0.759. The van der Waals surface area contributed by atoms with Gasteiger partial charge in [-0.15, -0.1) is 0 Å². The third-order valence-corrected chi connectivity index (χ3v) is 4.03. The van der Waals surface area contributed by atoms with E-state index in [1.807, 2.05) is 66.9 Å². The molecule has 2 N–H and O–H groups in total. The number of thiocarbonyl (C=S) groups is 1. The van der Waals surface area contributed by atoms with Crippen LogP contribution < -0.4 is 10.5 Å². The summed E-state index contributed by atoms with van der Waals surface area (Å²) < 4.78 is 6.97. The van der Waals surface area contributed by atoms with Crippen molar-refractivity contribution in [2.24, 2.45) is 5.73 Å². The molecule has 3 rings (SSSR count). The second-order valence-corrected chi connectivity index (χ2v) is 5.92. The van der Waals surface area contributed by atoms with E-state index in [4.69, 9.17) is 27.8 Å². The molecular formula is C20H16N4OS. The maximum absolute atomic E-state index is 9.28. The van der Waals surface area contributed by atoms with Gasteiger partial charge in [0.05, 0.1) is 24.1 Å². The van der Waals surface area contributed by atoms with Gasteiger partial charge < -0.3 is 10.5 Å². The minimum absolute atomic E-state index is 0.0562. The third kappa shape index (κ3) is 3.63. The van der Waals surface area contributed by atoms with Crippen LogP contribution in [0.4, 0.5) is 0 Å². The van der Waals surface area contributed by atoms with Crippen LogP contribution in [0.5, 0.6) is 5.75 Å². The van der Waals surface area contributed by atoms with E-state index in [1.165, 1.54) is 0 Å². The number of ether oxygens (including phenoxy) is 1. The molecule has 0 aliphatic carbocycles. The number of hydrogen-bond acceptors (Lipinski definition) is 4. The average Bonchev–Trinajstić information content (AvgIpc) is 3.10. The van der Waals surface area contributed by atoms with Crippen LogP contribution in [-0.4, -0.2) is 21.9 Å². The maximum atomic E-state index is 9.28. The van der Waals surface area contributed by atoms with E-state index in [-0.39, 0.29) is 10.6 Å². The first kappa shape index (κ1) is 17.4. The standard InChI is InChI=1S/C20H16N4OS/c1-25-18-9-7-14(8-10-18)19-16(11-15(12-21)20(22)26)13-24(23-19)17-5-3-2-4-6-17/h2-11,13H,1H3,(H2,22,26)/b15-11+. The molecule has 0 saturated heterocycles. The van der Waals surface area contributed by atoms with Crippen molar-refractivity contribution in [1.29, 1.82) is 5.26 Å². The number of nitriles is 1. The fraction of sp³-hybridized carbons (Fsp3) is 0.0500. The van der Waals surface area contributed by atoms with Crippen LogP contribution >= 0.6 is 12.2 Å². The van der Waals surface area contributed by atoms with Gasteiger partial charge in [-0.1, -0.05) is 30.4 Å². The van der Waals surface area contributed by atoms with E-state index in [1.54, 1.807) is 17.9 Å². The SMILES string of the molecule is COc1ccc(-c2nn(-c3ccccc3)cc2/C=C(\C#N)C(N)=S)cc1. The summed E-state index contributed by atoms with van der Waals surface area (Å²) in [7, 11) is 1.62. The quantitative estimate of drug-likeness (QED) is 0.426. The van der Waals surface area contributed by atoms with Crippen LogP contribution in [-0.2, 0) is 0 Å². The molecule has 0 unspecified atom stereocenters. The van der Waals surface area contributed by atoms with E-state index >= 15 is 0 Å². The van der Waals surface area contributed by atoms with Crippen molar-refractivity contribution in [3.63, 3.8) is 0 Å². The third-order valence-electron chi connectivity index (χ3n) is 3.81. The zero-order valence-electron chi connectivity index (χ0n) is 14.1. The Labute approximate surface area is 156 Å². The summed E-state index contributed by atoms with van der Waals surface area (Å²) in [4.78, 5) is 0.0562. The predicted molar refractivity (Wildman–Crippen MR) is 106 cm³/mol. The van der Waals surface area contributed by atoms with Crippen LogP contribution in [0.25, 0.3) is 23.0 Å². The van der Waals surface area contributed by atoms with E-state index in [0.29, 0.717) is 0 Å². The number of rotatable bonds is 5. The normalized spacial score (nSPS) is 11.0. The van der Waals surface area contributed by atoms with Crippen LogP contribution in [0.2, 0.25) is 0 Å². The molecule has 0 amide bonds. The number of methoxy groups -OCH3 is 1. The molecule has 0 saturated carbocycles. The number of para-hydroxylation sites is 1. The van der Waals surface area contributed by atoms with Crippen molar-refractivity contribution in [3.8, 4) is 28.8 Å². The Morgan fingerprint density at radius 1 is 1.19 bits per heavy atom. The summed E-state index contributed by atoms with van der Waals surface area (Å²) >= 11 is 4.95. The van der Waals surface area contributed by atoms with Gasteiger partial charge in [0.25, 0.3) is 0 Å². The lowest BCUT2D eigenvalue weighted by Crippen LogP contribution is -2.09. The van der Waals surface area contributed by atoms with Crippen LogP contribution in [0.1, 0.15) is 5.56 Å². The van der Waals surface area contributed by atoms with Gasteiger partial charge in [0.15, 0.2) is 0 Å². The lowest BCUT2D eigenvalue weighted by atomic mass is 10.1. The number of hydrogen-bond donors (Lipinski definition) is 1. The first-order valence-corrected chi connectivity index (χ1v) is 8.24. The van der Waals surface area contributed by atoms with Crippen molar-refractivity contribution in [3.05, 3.63) is 71.9 Å². The summed E-state index contributed by atoms with van der Waals surface area (Å²) in [6.07, 6.45) is 3.51. The molecule has 0 atom stereocenters. The first-order valence-electron chi connectivity index (χ1n) is 7.83.